The highest BCUT2D eigenvalue weighted by molar-refractivity contribution is 5.73. The predicted molar refractivity (Wildman–Crippen MR) is 119 cm³/mol. The SMILES string of the molecule is CC(C)(CCCC1=C2OC1=CC2C=CC1=C2OC1=CC2CCCC(C)(C)C(=O)O)C(=O)O. The molecule has 0 aromatic carbocycles. The Kier molecular flexibility index (Phi) is 5.60. The summed E-state index contributed by atoms with van der Waals surface area (Å²) in [5.41, 5.74) is 0.969. The highest BCUT2D eigenvalue weighted by Crippen LogP contribution is 2.50. The second-order valence-electron chi connectivity index (χ2n) is 10.5. The summed E-state index contributed by atoms with van der Waals surface area (Å²) in [5, 5.41) is 18.5. The van der Waals surface area contributed by atoms with Crippen molar-refractivity contribution in [1.82, 2.24) is 0 Å². The van der Waals surface area contributed by atoms with Crippen LogP contribution in [0.5, 0.6) is 0 Å². The smallest absolute Gasteiger partial charge is 0.309 e. The van der Waals surface area contributed by atoms with Crippen LogP contribution in [0.2, 0.25) is 0 Å². The van der Waals surface area contributed by atoms with Crippen molar-refractivity contribution < 1.29 is 29.3 Å². The van der Waals surface area contributed by atoms with Crippen LogP contribution < -0.4 is 0 Å². The van der Waals surface area contributed by atoms with Crippen LogP contribution in [0.15, 0.2) is 58.5 Å². The van der Waals surface area contributed by atoms with Gasteiger partial charge >= 0.3 is 11.9 Å². The monoisotopic (exact) mass is 440 g/mol. The van der Waals surface area contributed by atoms with Crippen molar-refractivity contribution in [2.75, 3.05) is 0 Å². The highest BCUT2D eigenvalue weighted by Gasteiger charge is 2.40. The molecule has 0 aromatic rings. The van der Waals surface area contributed by atoms with Crippen LogP contribution in [0.3, 0.4) is 0 Å². The molecule has 6 heteroatoms. The summed E-state index contributed by atoms with van der Waals surface area (Å²) >= 11 is 0. The van der Waals surface area contributed by atoms with Gasteiger partial charge in [0.1, 0.15) is 23.0 Å². The highest BCUT2D eigenvalue weighted by atomic mass is 16.5. The third-order valence-corrected chi connectivity index (χ3v) is 7.06. The van der Waals surface area contributed by atoms with Gasteiger partial charge in [0.15, 0.2) is 0 Å². The van der Waals surface area contributed by atoms with Crippen molar-refractivity contribution in [1.29, 1.82) is 0 Å². The van der Waals surface area contributed by atoms with Gasteiger partial charge in [0.25, 0.3) is 0 Å². The van der Waals surface area contributed by atoms with Crippen LogP contribution >= 0.6 is 0 Å². The maximum atomic E-state index is 11.3. The summed E-state index contributed by atoms with van der Waals surface area (Å²) in [7, 11) is 0. The molecule has 6 nitrogen and oxygen atoms in total. The summed E-state index contributed by atoms with van der Waals surface area (Å²) in [6, 6.07) is 0. The number of carbonyl (C=O) groups is 2. The van der Waals surface area contributed by atoms with Gasteiger partial charge in [-0.1, -0.05) is 18.6 Å². The van der Waals surface area contributed by atoms with Gasteiger partial charge in [-0.25, -0.2) is 0 Å². The Hall–Kier alpha value is -2.76. The molecule has 2 atom stereocenters. The van der Waals surface area contributed by atoms with Gasteiger partial charge in [0, 0.05) is 11.5 Å². The number of hydrogen-bond donors (Lipinski definition) is 2. The second kappa shape index (κ2) is 7.98. The lowest BCUT2D eigenvalue weighted by Crippen LogP contribution is -2.23. The standard InChI is InChI=1S/C26H32O6/c1-25(2,23(27)28)11-5-7-15-13-20-18(21(15)32-20)10-9-16-14-19-17(22(16)31-19)8-6-12-26(3,4)24(29)30/h9-10,13-16H,5-8,11-12H2,1-4H3,(H,27,28)(H,29,30). The quantitative estimate of drug-likeness (QED) is 0.404. The molecule has 0 radical (unpaired) electrons. The summed E-state index contributed by atoms with van der Waals surface area (Å²) < 4.78 is 11.5. The van der Waals surface area contributed by atoms with Crippen LogP contribution in [-0.2, 0) is 19.1 Å². The Bertz CT molecular complexity index is 1000. The van der Waals surface area contributed by atoms with Crippen LogP contribution in [-0.4, -0.2) is 22.2 Å². The Morgan fingerprint density at radius 2 is 1.56 bits per heavy atom. The van der Waals surface area contributed by atoms with E-state index in [1.54, 1.807) is 27.7 Å². The van der Waals surface area contributed by atoms with Crippen LogP contribution in [0, 0.1) is 22.7 Å². The van der Waals surface area contributed by atoms with Gasteiger partial charge in [-0.05, 0) is 72.0 Å². The second-order valence-corrected chi connectivity index (χ2v) is 10.5. The van der Waals surface area contributed by atoms with Crippen molar-refractivity contribution >= 4 is 11.9 Å². The van der Waals surface area contributed by atoms with E-state index < -0.39 is 22.8 Å². The summed E-state index contributed by atoms with van der Waals surface area (Å²) in [6.45, 7) is 7.07. The van der Waals surface area contributed by atoms with Gasteiger partial charge < -0.3 is 19.7 Å². The summed E-state index contributed by atoms with van der Waals surface area (Å²) in [5.74, 6) is 2.71. The van der Waals surface area contributed by atoms with Crippen molar-refractivity contribution in [3.05, 3.63) is 58.5 Å². The number of allylic oxidation sites excluding steroid dienone is 4. The Labute approximate surface area is 189 Å². The zero-order chi connectivity index (χ0) is 23.3. The number of carboxylic acids is 2. The minimum Gasteiger partial charge on any atom is -0.481 e. The molecule has 2 aliphatic carbocycles. The number of hydrogen-bond acceptors (Lipinski definition) is 4. The van der Waals surface area contributed by atoms with E-state index in [0.717, 1.165) is 54.3 Å². The number of carboxylic acid groups (broad SMARTS) is 2. The van der Waals surface area contributed by atoms with Crippen molar-refractivity contribution in [2.45, 2.75) is 66.2 Å². The molecule has 6 aliphatic rings. The summed E-state index contributed by atoms with van der Waals surface area (Å²) in [6.07, 6.45) is 13.2. The van der Waals surface area contributed by atoms with Gasteiger partial charge in [-0.15, -0.1) is 0 Å². The number of aliphatic carboxylic acids is 2. The average molecular weight is 441 g/mol. The summed E-state index contributed by atoms with van der Waals surface area (Å²) in [4.78, 5) is 22.5. The van der Waals surface area contributed by atoms with Crippen molar-refractivity contribution in [3.8, 4) is 0 Å². The van der Waals surface area contributed by atoms with E-state index in [2.05, 4.69) is 24.3 Å². The maximum absolute atomic E-state index is 11.3. The molecule has 4 aliphatic heterocycles. The van der Waals surface area contributed by atoms with E-state index in [0.29, 0.717) is 12.8 Å². The van der Waals surface area contributed by atoms with Crippen LogP contribution in [0.25, 0.3) is 0 Å². The minimum absolute atomic E-state index is 0.135. The molecule has 2 unspecified atom stereocenters. The molecule has 0 saturated carbocycles. The van der Waals surface area contributed by atoms with E-state index in [4.69, 9.17) is 9.47 Å². The molecule has 4 heterocycles. The molecule has 0 saturated heterocycles. The fourth-order valence-corrected chi connectivity index (χ4v) is 4.57. The van der Waals surface area contributed by atoms with Gasteiger partial charge in [0.2, 0.25) is 0 Å². The first-order chi connectivity index (χ1) is 15.0. The van der Waals surface area contributed by atoms with Gasteiger partial charge in [-0.2, -0.15) is 0 Å². The lowest BCUT2D eigenvalue weighted by atomic mass is 9.86. The predicted octanol–water partition coefficient (Wildman–Crippen LogP) is 5.70. The fourth-order valence-electron chi connectivity index (χ4n) is 4.57. The Balaban J connectivity index is 1.29. The first-order valence-corrected chi connectivity index (χ1v) is 11.4. The first-order valence-electron chi connectivity index (χ1n) is 11.4. The molecule has 32 heavy (non-hydrogen) atoms. The first kappa shape index (κ1) is 22.4. The van der Waals surface area contributed by atoms with E-state index in [1.807, 2.05) is 0 Å². The number of rotatable bonds is 12. The molecule has 0 aromatic heterocycles. The topological polar surface area (TPSA) is 93.1 Å². The lowest BCUT2D eigenvalue weighted by molar-refractivity contribution is -0.148. The average Bonchev–Trinajstić information content (AvgIpc) is 3.43. The third kappa shape index (κ3) is 4.03. The molecule has 4 bridgehead atoms. The lowest BCUT2D eigenvalue weighted by Gasteiger charge is -2.24. The molecule has 2 N–H and O–H groups in total. The molecule has 0 fully saturated rings. The van der Waals surface area contributed by atoms with E-state index in [9.17, 15) is 19.8 Å². The van der Waals surface area contributed by atoms with E-state index in [-0.39, 0.29) is 11.8 Å². The molecule has 0 spiro atoms. The normalized spacial score (nSPS) is 23.5. The molecule has 0 amide bonds. The van der Waals surface area contributed by atoms with Crippen LogP contribution in [0.4, 0.5) is 0 Å². The van der Waals surface area contributed by atoms with E-state index in [1.165, 1.54) is 5.57 Å². The Morgan fingerprint density at radius 3 is 2.22 bits per heavy atom. The minimum atomic E-state index is -0.756. The zero-order valence-corrected chi connectivity index (χ0v) is 19.2. The molecular weight excluding hydrogens is 408 g/mol. The Morgan fingerprint density at radius 1 is 0.938 bits per heavy atom. The molecule has 6 rings (SSSR count). The van der Waals surface area contributed by atoms with Crippen molar-refractivity contribution in [3.63, 3.8) is 0 Å². The zero-order valence-electron chi connectivity index (χ0n) is 19.2. The molecule has 172 valence electrons. The van der Waals surface area contributed by atoms with Crippen molar-refractivity contribution in [2.24, 2.45) is 22.7 Å². The van der Waals surface area contributed by atoms with Gasteiger partial charge in [-0.3, -0.25) is 9.59 Å². The maximum Gasteiger partial charge on any atom is 0.309 e. The third-order valence-electron chi connectivity index (χ3n) is 7.06. The van der Waals surface area contributed by atoms with Crippen LogP contribution in [0.1, 0.15) is 66.2 Å². The largest absolute Gasteiger partial charge is 0.481 e. The van der Waals surface area contributed by atoms with Gasteiger partial charge in [0.05, 0.1) is 22.3 Å². The molecular formula is C26H32O6. The number of ether oxygens (including phenoxy) is 2. The fraction of sp³-hybridized carbons (Fsp3) is 0.538. The van der Waals surface area contributed by atoms with E-state index >= 15 is 0 Å². The number of fused-ring (bicyclic) bond motifs is 2.